The van der Waals surface area contributed by atoms with Crippen LogP contribution in [-0.2, 0) is 6.18 Å². The summed E-state index contributed by atoms with van der Waals surface area (Å²) in [7, 11) is 0. The van der Waals surface area contributed by atoms with Crippen LogP contribution in [0.2, 0.25) is 0 Å². The van der Waals surface area contributed by atoms with Crippen LogP contribution < -0.4 is 5.73 Å². The van der Waals surface area contributed by atoms with Crippen LogP contribution in [0, 0.1) is 5.41 Å². The summed E-state index contributed by atoms with van der Waals surface area (Å²) >= 11 is 0. The van der Waals surface area contributed by atoms with Crippen molar-refractivity contribution in [1.29, 1.82) is 5.41 Å². The fraction of sp³-hybridized carbons (Fsp3) is 0.500. The molecule has 1 aliphatic heterocycles. The number of alkyl halides is 3. The second-order valence-electron chi connectivity index (χ2n) is 6.25. The van der Waals surface area contributed by atoms with E-state index in [1.165, 1.54) is 0 Å². The van der Waals surface area contributed by atoms with E-state index >= 15 is 0 Å². The zero-order valence-electron chi connectivity index (χ0n) is 14.9. The first-order valence-electron chi connectivity index (χ1n) is 8.62. The summed E-state index contributed by atoms with van der Waals surface area (Å²) in [6.07, 6.45) is 0.907. The third kappa shape index (κ3) is 4.05. The topological polar surface area (TPSA) is 83.1 Å². The third-order valence-corrected chi connectivity index (χ3v) is 4.42. The van der Waals surface area contributed by atoms with Gasteiger partial charge in [0.2, 0.25) is 0 Å². The largest absolute Gasteiger partial charge is 0.433 e. The molecule has 1 amide bonds. The second kappa shape index (κ2) is 7.88. The molecule has 0 bridgehead atoms. The van der Waals surface area contributed by atoms with E-state index in [0.29, 0.717) is 37.6 Å². The molecule has 26 heavy (non-hydrogen) atoms. The van der Waals surface area contributed by atoms with Gasteiger partial charge in [0.05, 0.1) is 11.6 Å². The average molecular weight is 368 g/mol. The van der Waals surface area contributed by atoms with Gasteiger partial charge in [-0.2, -0.15) is 13.2 Å². The van der Waals surface area contributed by atoms with Gasteiger partial charge in [-0.3, -0.25) is 9.78 Å². The van der Waals surface area contributed by atoms with Crippen LogP contribution in [0.25, 0.3) is 0 Å². The number of hydrogen-bond acceptors (Lipinski definition) is 4. The van der Waals surface area contributed by atoms with Crippen molar-refractivity contribution < 1.29 is 18.0 Å². The number of nitrogens with two attached hydrogens (primary N) is 1. The van der Waals surface area contributed by atoms with Crippen LogP contribution in [0.15, 0.2) is 23.9 Å². The number of rotatable bonds is 5. The molecule has 2 heterocycles. The highest BCUT2D eigenvalue weighted by Crippen LogP contribution is 2.31. The molecule has 1 unspecified atom stereocenters. The molecule has 0 fully saturated rings. The minimum Gasteiger partial charge on any atom is -0.398 e. The van der Waals surface area contributed by atoms with Crippen LogP contribution in [0.3, 0.4) is 0 Å². The molecule has 0 aromatic carbocycles. The highest BCUT2D eigenvalue weighted by atomic mass is 19.4. The zero-order valence-corrected chi connectivity index (χ0v) is 14.9. The second-order valence-corrected chi connectivity index (χ2v) is 6.25. The molecular weight excluding hydrogens is 345 g/mol. The molecule has 5 nitrogen and oxygen atoms in total. The lowest BCUT2D eigenvalue weighted by molar-refractivity contribution is -0.141. The number of nitrogens with zero attached hydrogens (tertiary/aromatic N) is 2. The minimum absolute atomic E-state index is 0.0419. The Labute approximate surface area is 150 Å². The van der Waals surface area contributed by atoms with Crippen molar-refractivity contribution >= 4 is 17.3 Å². The number of halogens is 3. The predicted molar refractivity (Wildman–Crippen MR) is 94.1 cm³/mol. The zero-order chi connectivity index (χ0) is 19.5. The summed E-state index contributed by atoms with van der Waals surface area (Å²) in [5.74, 6) is -0.453. The summed E-state index contributed by atoms with van der Waals surface area (Å²) < 4.78 is 38.2. The number of nitrogens with one attached hydrogen (secondary N) is 1. The lowest BCUT2D eigenvalue weighted by atomic mass is 9.91. The predicted octanol–water partition coefficient (Wildman–Crippen LogP) is 4.05. The lowest BCUT2D eigenvalue weighted by Gasteiger charge is -2.36. The number of hydrogen-bond donors (Lipinski definition) is 2. The summed E-state index contributed by atoms with van der Waals surface area (Å²) in [5, 5.41) is 8.22. The molecule has 1 aromatic heterocycles. The SMILES string of the molecule is CCCC(=N)C1=CCCN(C(=O)c2cnc(C(F)(F)F)cc2N)C1CC. The van der Waals surface area contributed by atoms with Crippen molar-refractivity contribution in [3.8, 4) is 0 Å². The number of pyridine rings is 1. The molecule has 0 saturated carbocycles. The van der Waals surface area contributed by atoms with Crippen LogP contribution >= 0.6 is 0 Å². The fourth-order valence-corrected chi connectivity index (χ4v) is 3.18. The monoisotopic (exact) mass is 368 g/mol. The lowest BCUT2D eigenvalue weighted by Crippen LogP contribution is -2.45. The molecule has 0 spiro atoms. The van der Waals surface area contributed by atoms with E-state index in [1.807, 2.05) is 19.9 Å². The number of nitrogen functional groups attached to an aromatic ring is 1. The number of aromatic nitrogens is 1. The Balaban J connectivity index is 2.31. The maximum Gasteiger partial charge on any atom is 0.433 e. The Morgan fingerprint density at radius 3 is 2.65 bits per heavy atom. The van der Waals surface area contributed by atoms with Crippen LogP contribution in [-0.4, -0.2) is 34.1 Å². The molecule has 8 heteroatoms. The number of amides is 1. The molecule has 2 rings (SSSR count). The smallest absolute Gasteiger partial charge is 0.398 e. The van der Waals surface area contributed by atoms with Crippen molar-refractivity contribution in [1.82, 2.24) is 9.88 Å². The molecule has 0 aliphatic carbocycles. The van der Waals surface area contributed by atoms with Crippen molar-refractivity contribution in [2.24, 2.45) is 0 Å². The maximum atomic E-state index is 12.9. The Hall–Kier alpha value is -2.38. The van der Waals surface area contributed by atoms with Gasteiger partial charge in [0.15, 0.2) is 0 Å². The van der Waals surface area contributed by atoms with Gasteiger partial charge in [-0.15, -0.1) is 0 Å². The van der Waals surface area contributed by atoms with Gasteiger partial charge in [0, 0.05) is 24.1 Å². The first kappa shape index (κ1) is 19.9. The molecule has 0 radical (unpaired) electrons. The maximum absolute atomic E-state index is 12.9. The van der Waals surface area contributed by atoms with Crippen molar-refractivity contribution in [3.63, 3.8) is 0 Å². The van der Waals surface area contributed by atoms with Crippen molar-refractivity contribution in [2.45, 2.75) is 51.7 Å². The quantitative estimate of drug-likeness (QED) is 0.769. The van der Waals surface area contributed by atoms with E-state index in [1.54, 1.807) is 4.90 Å². The molecule has 3 N–H and O–H groups in total. The van der Waals surface area contributed by atoms with E-state index in [9.17, 15) is 18.0 Å². The van der Waals surface area contributed by atoms with Gasteiger partial charge >= 0.3 is 6.18 Å². The van der Waals surface area contributed by atoms with Gasteiger partial charge < -0.3 is 16.0 Å². The van der Waals surface area contributed by atoms with E-state index < -0.39 is 17.8 Å². The van der Waals surface area contributed by atoms with Gasteiger partial charge in [0.25, 0.3) is 5.91 Å². The van der Waals surface area contributed by atoms with Crippen LogP contribution in [0.1, 0.15) is 55.6 Å². The Morgan fingerprint density at radius 2 is 2.12 bits per heavy atom. The third-order valence-electron chi connectivity index (χ3n) is 4.42. The van der Waals surface area contributed by atoms with E-state index in [4.69, 9.17) is 11.1 Å². The number of carbonyl (C=O) groups is 1. The fourth-order valence-electron chi connectivity index (χ4n) is 3.18. The van der Waals surface area contributed by atoms with Crippen LogP contribution in [0.4, 0.5) is 18.9 Å². The summed E-state index contributed by atoms with van der Waals surface area (Å²) in [6, 6.07) is 0.408. The Kier molecular flexibility index (Phi) is 6.05. The van der Waals surface area contributed by atoms with Crippen molar-refractivity contribution in [3.05, 3.63) is 35.2 Å². The first-order valence-corrected chi connectivity index (χ1v) is 8.62. The molecule has 1 atom stereocenters. The highest BCUT2D eigenvalue weighted by Gasteiger charge is 2.35. The summed E-state index contributed by atoms with van der Waals surface area (Å²) in [6.45, 7) is 4.33. The van der Waals surface area contributed by atoms with Crippen LogP contribution in [0.5, 0.6) is 0 Å². The number of carbonyl (C=O) groups excluding carboxylic acids is 1. The van der Waals surface area contributed by atoms with Gasteiger partial charge in [-0.25, -0.2) is 0 Å². The van der Waals surface area contributed by atoms with E-state index in [-0.39, 0.29) is 17.3 Å². The van der Waals surface area contributed by atoms with Gasteiger partial charge in [0.1, 0.15) is 5.69 Å². The molecule has 142 valence electrons. The normalized spacial score (nSPS) is 17.8. The van der Waals surface area contributed by atoms with E-state index in [2.05, 4.69) is 4.98 Å². The van der Waals surface area contributed by atoms with E-state index in [0.717, 1.165) is 18.2 Å². The Morgan fingerprint density at radius 1 is 1.42 bits per heavy atom. The average Bonchev–Trinajstić information content (AvgIpc) is 2.59. The molecule has 1 aromatic rings. The van der Waals surface area contributed by atoms with Gasteiger partial charge in [-0.05, 0) is 30.9 Å². The molecule has 1 aliphatic rings. The molecular formula is C18H23F3N4O. The standard InChI is InChI=1S/C18H23F3N4O/c1-3-6-13(22)11-7-5-8-25(15(11)4-2)17(26)12-10-24-16(9-14(12)23)18(19,20)21/h7,9-10,15,22H,3-6,8H2,1-2H3,(H2,23,24). The summed E-state index contributed by atoms with van der Waals surface area (Å²) in [4.78, 5) is 17.8. The minimum atomic E-state index is -4.61. The highest BCUT2D eigenvalue weighted by molar-refractivity contribution is 6.03. The van der Waals surface area contributed by atoms with Gasteiger partial charge in [-0.1, -0.05) is 26.3 Å². The Bertz CT molecular complexity index is 728. The number of anilines is 1. The summed E-state index contributed by atoms with van der Waals surface area (Å²) in [5.41, 5.74) is 5.61. The molecule has 0 saturated heterocycles. The van der Waals surface area contributed by atoms with Crippen molar-refractivity contribution in [2.75, 3.05) is 12.3 Å². The first-order chi connectivity index (χ1) is 12.2.